The molecule has 0 amide bonds. The highest BCUT2D eigenvalue weighted by molar-refractivity contribution is 5.05. The molecular weight excluding hydrogens is 266 g/mol. The second-order valence-electron chi connectivity index (χ2n) is 6.52. The zero-order valence-corrected chi connectivity index (χ0v) is 13.2. The van der Waals surface area contributed by atoms with E-state index in [1.165, 1.54) is 32.1 Å². The fourth-order valence-corrected chi connectivity index (χ4v) is 3.76. The topological polar surface area (TPSA) is 60.2 Å². The number of hydrogen-bond donors (Lipinski definition) is 1. The van der Waals surface area contributed by atoms with Gasteiger partial charge in [0.2, 0.25) is 11.7 Å². The average molecular weight is 293 g/mol. The summed E-state index contributed by atoms with van der Waals surface area (Å²) in [6.07, 6.45) is 9.19. The Balaban J connectivity index is 1.76. The second kappa shape index (κ2) is 6.44. The van der Waals surface area contributed by atoms with Gasteiger partial charge in [-0.05, 0) is 38.1 Å². The van der Waals surface area contributed by atoms with Gasteiger partial charge < -0.3 is 14.6 Å². The molecule has 0 aromatic carbocycles. The molecule has 2 fully saturated rings. The van der Waals surface area contributed by atoms with Gasteiger partial charge >= 0.3 is 0 Å². The second-order valence-corrected chi connectivity index (χ2v) is 6.52. The van der Waals surface area contributed by atoms with Gasteiger partial charge in [0.05, 0.1) is 6.04 Å². The van der Waals surface area contributed by atoms with E-state index in [1.54, 1.807) is 7.11 Å². The maximum absolute atomic E-state index is 5.80. The standard InChI is InChI=1S/C16H27N3O2/c1-3-12-7-10-17-13(11-12)14-18-15(19-21-14)16(20-2)8-5-4-6-9-16/h12-13,17H,3-11H2,1-2H3. The lowest BCUT2D eigenvalue weighted by Gasteiger charge is -2.32. The van der Waals surface area contributed by atoms with Crippen LogP contribution in [0.5, 0.6) is 0 Å². The van der Waals surface area contributed by atoms with E-state index in [9.17, 15) is 0 Å². The molecule has 21 heavy (non-hydrogen) atoms. The minimum Gasteiger partial charge on any atom is -0.370 e. The Morgan fingerprint density at radius 2 is 2.14 bits per heavy atom. The van der Waals surface area contributed by atoms with Gasteiger partial charge in [0, 0.05) is 7.11 Å². The summed E-state index contributed by atoms with van der Waals surface area (Å²) in [5.41, 5.74) is -0.321. The van der Waals surface area contributed by atoms with Crippen molar-refractivity contribution in [2.24, 2.45) is 5.92 Å². The van der Waals surface area contributed by atoms with Crippen molar-refractivity contribution in [2.45, 2.75) is 69.9 Å². The van der Waals surface area contributed by atoms with Crippen molar-refractivity contribution in [1.82, 2.24) is 15.5 Å². The Hall–Kier alpha value is -0.940. The Morgan fingerprint density at radius 1 is 1.33 bits per heavy atom. The lowest BCUT2D eigenvalue weighted by Crippen LogP contribution is -2.33. The first-order valence-corrected chi connectivity index (χ1v) is 8.40. The summed E-state index contributed by atoms with van der Waals surface area (Å²) in [4.78, 5) is 4.70. The number of aromatic nitrogens is 2. The monoisotopic (exact) mass is 293 g/mol. The van der Waals surface area contributed by atoms with Crippen molar-refractivity contribution < 1.29 is 9.26 Å². The lowest BCUT2D eigenvalue weighted by molar-refractivity contribution is -0.0527. The maximum atomic E-state index is 5.80. The molecule has 1 N–H and O–H groups in total. The van der Waals surface area contributed by atoms with Crippen LogP contribution in [0.3, 0.4) is 0 Å². The maximum Gasteiger partial charge on any atom is 0.243 e. The predicted molar refractivity (Wildman–Crippen MR) is 79.8 cm³/mol. The summed E-state index contributed by atoms with van der Waals surface area (Å²) < 4.78 is 11.4. The van der Waals surface area contributed by atoms with E-state index in [0.717, 1.165) is 43.4 Å². The zero-order valence-electron chi connectivity index (χ0n) is 13.2. The van der Waals surface area contributed by atoms with Crippen molar-refractivity contribution in [2.75, 3.05) is 13.7 Å². The smallest absolute Gasteiger partial charge is 0.243 e. The van der Waals surface area contributed by atoms with Gasteiger partial charge in [0.1, 0.15) is 5.60 Å². The Bertz CT molecular complexity index is 454. The summed E-state index contributed by atoms with van der Waals surface area (Å²) in [5.74, 6) is 2.25. The van der Waals surface area contributed by atoms with Gasteiger partial charge in [-0.2, -0.15) is 4.98 Å². The van der Waals surface area contributed by atoms with Crippen molar-refractivity contribution in [3.63, 3.8) is 0 Å². The quantitative estimate of drug-likeness (QED) is 0.922. The normalized spacial score (nSPS) is 29.4. The fraction of sp³-hybridized carbons (Fsp3) is 0.875. The highest BCUT2D eigenvalue weighted by Gasteiger charge is 2.39. The Kier molecular flexibility index (Phi) is 4.60. The molecule has 118 valence electrons. The van der Waals surface area contributed by atoms with Crippen LogP contribution in [0.25, 0.3) is 0 Å². The highest BCUT2D eigenvalue weighted by atomic mass is 16.5. The third-order valence-electron chi connectivity index (χ3n) is 5.29. The number of ether oxygens (including phenoxy) is 1. The van der Waals surface area contributed by atoms with Crippen LogP contribution in [0.2, 0.25) is 0 Å². The minimum absolute atomic E-state index is 0.211. The number of hydrogen-bond acceptors (Lipinski definition) is 5. The molecule has 0 radical (unpaired) electrons. The summed E-state index contributed by atoms with van der Waals surface area (Å²) in [5, 5.41) is 7.77. The molecule has 1 aromatic heterocycles. The van der Waals surface area contributed by atoms with E-state index in [1.807, 2.05) is 0 Å². The van der Waals surface area contributed by atoms with Crippen molar-refractivity contribution in [3.8, 4) is 0 Å². The van der Waals surface area contributed by atoms with Crippen LogP contribution in [0.1, 0.15) is 76.0 Å². The van der Waals surface area contributed by atoms with E-state index in [4.69, 9.17) is 14.2 Å². The number of piperidine rings is 1. The lowest BCUT2D eigenvalue weighted by atomic mass is 9.84. The molecule has 2 atom stereocenters. The van der Waals surface area contributed by atoms with Crippen LogP contribution in [-0.4, -0.2) is 23.8 Å². The average Bonchev–Trinajstić information content (AvgIpc) is 3.06. The number of nitrogens with zero attached hydrogens (tertiary/aromatic N) is 2. The van der Waals surface area contributed by atoms with E-state index in [0.29, 0.717) is 0 Å². The number of nitrogens with one attached hydrogen (secondary N) is 1. The molecule has 5 nitrogen and oxygen atoms in total. The number of rotatable bonds is 4. The minimum atomic E-state index is -0.321. The first kappa shape index (κ1) is 15.0. The SMILES string of the molecule is CCC1CCNC(c2nc(C3(OC)CCCCC3)no2)C1. The van der Waals surface area contributed by atoms with Crippen LogP contribution in [0.4, 0.5) is 0 Å². The summed E-state index contributed by atoms with van der Waals surface area (Å²) in [6, 6.07) is 0.211. The van der Waals surface area contributed by atoms with Gasteiger partial charge in [0.25, 0.3) is 0 Å². The molecule has 1 aromatic rings. The molecule has 1 aliphatic carbocycles. The van der Waals surface area contributed by atoms with Crippen LogP contribution in [-0.2, 0) is 10.3 Å². The Morgan fingerprint density at radius 3 is 2.86 bits per heavy atom. The highest BCUT2D eigenvalue weighted by Crippen LogP contribution is 2.39. The molecule has 0 bridgehead atoms. The first-order valence-electron chi connectivity index (χ1n) is 8.40. The molecule has 5 heteroatoms. The van der Waals surface area contributed by atoms with Gasteiger partial charge in [-0.1, -0.05) is 37.8 Å². The van der Waals surface area contributed by atoms with Gasteiger partial charge in [-0.25, -0.2) is 0 Å². The summed E-state index contributed by atoms with van der Waals surface area (Å²) in [7, 11) is 1.77. The molecule has 1 saturated heterocycles. The molecule has 2 heterocycles. The summed E-state index contributed by atoms with van der Waals surface area (Å²) in [6.45, 7) is 3.30. The van der Waals surface area contributed by atoms with Crippen LogP contribution < -0.4 is 5.32 Å². The van der Waals surface area contributed by atoms with Crippen LogP contribution >= 0.6 is 0 Å². The molecule has 0 spiro atoms. The fourth-order valence-electron chi connectivity index (χ4n) is 3.76. The van der Waals surface area contributed by atoms with E-state index < -0.39 is 0 Å². The molecule has 3 rings (SSSR count). The van der Waals surface area contributed by atoms with Crippen LogP contribution in [0, 0.1) is 5.92 Å². The summed E-state index contributed by atoms with van der Waals surface area (Å²) >= 11 is 0. The predicted octanol–water partition coefficient (Wildman–Crippen LogP) is 3.33. The van der Waals surface area contributed by atoms with Gasteiger partial charge in [-0.15, -0.1) is 0 Å². The van der Waals surface area contributed by atoms with Crippen LogP contribution in [0.15, 0.2) is 4.52 Å². The van der Waals surface area contributed by atoms with E-state index in [2.05, 4.69) is 17.4 Å². The van der Waals surface area contributed by atoms with E-state index in [-0.39, 0.29) is 11.6 Å². The zero-order chi connectivity index (χ0) is 14.7. The van der Waals surface area contributed by atoms with Crippen molar-refractivity contribution in [1.29, 1.82) is 0 Å². The molecule has 1 saturated carbocycles. The van der Waals surface area contributed by atoms with Gasteiger partial charge in [-0.3, -0.25) is 0 Å². The van der Waals surface area contributed by atoms with E-state index >= 15 is 0 Å². The molecular formula is C16H27N3O2. The van der Waals surface area contributed by atoms with Crippen molar-refractivity contribution >= 4 is 0 Å². The molecule has 1 aliphatic heterocycles. The largest absolute Gasteiger partial charge is 0.370 e. The van der Waals surface area contributed by atoms with Crippen molar-refractivity contribution in [3.05, 3.63) is 11.7 Å². The Labute approximate surface area is 126 Å². The van der Waals surface area contributed by atoms with Gasteiger partial charge in [0.15, 0.2) is 0 Å². The third-order valence-corrected chi connectivity index (χ3v) is 5.29. The molecule has 2 aliphatic rings. The first-order chi connectivity index (χ1) is 10.3. The molecule has 2 unspecified atom stereocenters. The third kappa shape index (κ3) is 2.99. The number of methoxy groups -OCH3 is 1.